The van der Waals surface area contributed by atoms with Crippen LogP contribution in [0.2, 0.25) is 25.7 Å². The van der Waals surface area contributed by atoms with Crippen molar-refractivity contribution >= 4 is 42.8 Å². The number of carbonyl (C=O) groups is 3. The molecule has 0 unspecified atom stereocenters. The molecule has 194 valence electrons. The molecule has 0 bridgehead atoms. The molecular weight excluding hydrogens is 497 g/mol. The van der Waals surface area contributed by atoms with Crippen LogP contribution in [0.15, 0.2) is 36.4 Å². The molecule has 0 fully saturated rings. The average Bonchev–Trinajstić information content (AvgIpc) is 3.06. The van der Waals surface area contributed by atoms with Gasteiger partial charge in [0.2, 0.25) is 0 Å². The molecule has 0 spiro atoms. The first-order valence-corrected chi connectivity index (χ1v) is 15.5. The van der Waals surface area contributed by atoms with Gasteiger partial charge in [-0.25, -0.2) is 14.2 Å². The van der Waals surface area contributed by atoms with Crippen molar-refractivity contribution in [3.8, 4) is 11.5 Å². The third kappa shape index (κ3) is 5.41. The summed E-state index contributed by atoms with van der Waals surface area (Å²) in [5.74, 6) is -1.71. The normalized spacial score (nSPS) is 13.2. The predicted octanol–water partition coefficient (Wildman–Crippen LogP) is 5.00. The molecule has 0 saturated heterocycles. The number of imide groups is 1. The summed E-state index contributed by atoms with van der Waals surface area (Å²) in [5.41, 5.74) is 6.38. The Labute approximate surface area is 214 Å². The number of benzene rings is 2. The lowest BCUT2D eigenvalue weighted by atomic mass is 10.0. The van der Waals surface area contributed by atoms with Gasteiger partial charge >= 0.3 is 6.16 Å². The Kier molecular flexibility index (Phi) is 7.17. The molecule has 3 aromatic rings. The van der Waals surface area contributed by atoms with Gasteiger partial charge in [-0.15, -0.1) is 0 Å². The molecule has 9 nitrogen and oxygen atoms in total. The summed E-state index contributed by atoms with van der Waals surface area (Å²) < 4.78 is 29.9. The summed E-state index contributed by atoms with van der Waals surface area (Å²) in [6.07, 6.45) is -1.06. The van der Waals surface area contributed by atoms with E-state index < -0.39 is 31.9 Å². The number of fused-ring (bicyclic) bond motifs is 2. The molecule has 4 rings (SSSR count). The fraction of sp³-hybridized carbons (Fsp3) is 0.308. The smallest absolute Gasteiger partial charge is 0.492 e. The monoisotopic (exact) mass is 525 g/mol. The van der Waals surface area contributed by atoms with E-state index in [-0.39, 0.29) is 47.1 Å². The number of nitrogens with two attached hydrogens (primary N) is 1. The Morgan fingerprint density at radius 3 is 2.30 bits per heavy atom. The molecule has 0 aliphatic carbocycles. The van der Waals surface area contributed by atoms with Crippen molar-refractivity contribution in [2.45, 2.75) is 39.2 Å². The standard InChI is InChI=1S/C26H28FN3O6Si/c1-5-34-26(33)36-23-20-19(24(31)30(25(20)32)14-15-6-8-16(27)9-7-15)22(35-12-13-37(2,3)4)17-10-11-18(28)29-21(17)23/h6-11H,5,12-14H2,1-4H3,(H2,28,29). The van der Waals surface area contributed by atoms with Crippen molar-refractivity contribution in [2.24, 2.45) is 0 Å². The summed E-state index contributed by atoms with van der Waals surface area (Å²) in [5, 5.41) is 0.368. The fourth-order valence-electron chi connectivity index (χ4n) is 3.94. The maximum atomic E-state index is 13.7. The van der Waals surface area contributed by atoms with Crippen molar-refractivity contribution in [3.63, 3.8) is 0 Å². The highest BCUT2D eigenvalue weighted by Gasteiger charge is 2.43. The van der Waals surface area contributed by atoms with E-state index in [4.69, 9.17) is 19.9 Å². The van der Waals surface area contributed by atoms with E-state index in [2.05, 4.69) is 24.6 Å². The Morgan fingerprint density at radius 2 is 1.68 bits per heavy atom. The molecule has 1 aliphatic heterocycles. The second-order valence-electron chi connectivity index (χ2n) is 9.81. The lowest BCUT2D eigenvalue weighted by molar-refractivity contribution is 0.0640. The van der Waals surface area contributed by atoms with Crippen LogP contribution in [0.25, 0.3) is 10.9 Å². The van der Waals surface area contributed by atoms with E-state index in [1.807, 2.05) is 0 Å². The van der Waals surface area contributed by atoms with Crippen molar-refractivity contribution in [1.29, 1.82) is 0 Å². The van der Waals surface area contributed by atoms with Gasteiger partial charge in [0, 0.05) is 13.5 Å². The molecule has 2 amide bonds. The number of rotatable bonds is 8. The minimum atomic E-state index is -1.49. The van der Waals surface area contributed by atoms with Gasteiger partial charge in [0.1, 0.15) is 28.5 Å². The first kappa shape index (κ1) is 26.1. The lowest BCUT2D eigenvalue weighted by Gasteiger charge is -2.19. The molecule has 2 N–H and O–H groups in total. The number of hydrogen-bond acceptors (Lipinski definition) is 8. The summed E-state index contributed by atoms with van der Waals surface area (Å²) in [6.45, 7) is 8.42. The molecule has 0 atom stereocenters. The van der Waals surface area contributed by atoms with Gasteiger partial charge < -0.3 is 19.9 Å². The molecule has 0 radical (unpaired) electrons. The van der Waals surface area contributed by atoms with E-state index in [1.54, 1.807) is 13.0 Å². The van der Waals surface area contributed by atoms with Crippen LogP contribution < -0.4 is 15.2 Å². The molecule has 11 heteroatoms. The van der Waals surface area contributed by atoms with E-state index in [1.165, 1.54) is 30.3 Å². The number of nitrogens with zero attached hydrogens (tertiary/aromatic N) is 2. The molecule has 2 aromatic carbocycles. The third-order valence-electron chi connectivity index (χ3n) is 5.80. The first-order chi connectivity index (χ1) is 17.5. The Bertz CT molecular complexity index is 1390. The zero-order chi connectivity index (χ0) is 26.9. The molecule has 2 heterocycles. The second-order valence-corrected chi connectivity index (χ2v) is 15.4. The van der Waals surface area contributed by atoms with Gasteiger partial charge in [0.05, 0.1) is 25.3 Å². The second kappa shape index (κ2) is 10.2. The van der Waals surface area contributed by atoms with E-state index >= 15 is 0 Å². The van der Waals surface area contributed by atoms with Crippen LogP contribution in [-0.2, 0) is 11.3 Å². The van der Waals surface area contributed by atoms with Gasteiger partial charge in [-0.1, -0.05) is 31.8 Å². The highest BCUT2D eigenvalue weighted by Crippen LogP contribution is 2.45. The lowest BCUT2D eigenvalue weighted by Crippen LogP contribution is -2.29. The summed E-state index contributed by atoms with van der Waals surface area (Å²) in [4.78, 5) is 45.0. The number of amides is 2. The largest absolute Gasteiger partial charge is 0.513 e. The zero-order valence-electron chi connectivity index (χ0n) is 21.1. The molecule has 37 heavy (non-hydrogen) atoms. The quantitative estimate of drug-likeness (QED) is 0.189. The van der Waals surface area contributed by atoms with Crippen molar-refractivity contribution < 1.29 is 33.0 Å². The SMILES string of the molecule is CCOC(=O)Oc1c2c(c(OCC[Si](C)(C)C)c3ccc(N)nc13)C(=O)N(Cc1ccc(F)cc1)C2=O. The maximum Gasteiger partial charge on any atom is 0.513 e. The Morgan fingerprint density at radius 1 is 1.03 bits per heavy atom. The Hall–Kier alpha value is -3.99. The van der Waals surface area contributed by atoms with E-state index in [9.17, 15) is 18.8 Å². The highest BCUT2D eigenvalue weighted by atomic mass is 28.3. The highest BCUT2D eigenvalue weighted by molar-refractivity contribution is 6.76. The van der Waals surface area contributed by atoms with Gasteiger partial charge in [0.15, 0.2) is 5.75 Å². The number of pyridine rings is 1. The number of carbonyl (C=O) groups excluding carboxylic acids is 3. The van der Waals surface area contributed by atoms with E-state index in [0.717, 1.165) is 10.9 Å². The van der Waals surface area contributed by atoms with Crippen LogP contribution >= 0.6 is 0 Å². The van der Waals surface area contributed by atoms with Crippen LogP contribution in [0.4, 0.5) is 15.0 Å². The first-order valence-electron chi connectivity index (χ1n) is 11.8. The zero-order valence-corrected chi connectivity index (χ0v) is 22.1. The number of anilines is 1. The summed E-state index contributed by atoms with van der Waals surface area (Å²) >= 11 is 0. The fourth-order valence-corrected chi connectivity index (χ4v) is 4.65. The van der Waals surface area contributed by atoms with Gasteiger partial charge in [-0.3, -0.25) is 14.5 Å². The van der Waals surface area contributed by atoms with Crippen molar-refractivity contribution in [3.05, 3.63) is 58.9 Å². The minimum Gasteiger partial charge on any atom is -0.492 e. The van der Waals surface area contributed by atoms with Gasteiger partial charge in [-0.2, -0.15) is 0 Å². The molecule has 0 saturated carbocycles. The van der Waals surface area contributed by atoms with Gasteiger partial charge in [-0.05, 0) is 42.8 Å². The number of ether oxygens (including phenoxy) is 3. The summed E-state index contributed by atoms with van der Waals surface area (Å²) in [6, 6.07) is 9.40. The van der Waals surface area contributed by atoms with Crippen LogP contribution in [0, 0.1) is 5.82 Å². The van der Waals surface area contributed by atoms with E-state index in [0.29, 0.717) is 17.6 Å². The predicted molar refractivity (Wildman–Crippen MR) is 138 cm³/mol. The topological polar surface area (TPSA) is 121 Å². The molecule has 1 aliphatic rings. The van der Waals surface area contributed by atoms with Crippen LogP contribution in [-0.4, -0.2) is 49.1 Å². The van der Waals surface area contributed by atoms with Crippen molar-refractivity contribution in [2.75, 3.05) is 18.9 Å². The number of halogens is 1. The van der Waals surface area contributed by atoms with Crippen LogP contribution in [0.5, 0.6) is 11.5 Å². The maximum absolute atomic E-state index is 13.7. The average molecular weight is 526 g/mol. The van der Waals surface area contributed by atoms with Crippen LogP contribution in [0.3, 0.4) is 0 Å². The molecular formula is C26H28FN3O6Si. The van der Waals surface area contributed by atoms with Crippen LogP contribution in [0.1, 0.15) is 33.2 Å². The Balaban J connectivity index is 1.89. The number of aromatic nitrogens is 1. The minimum absolute atomic E-state index is 0.0268. The summed E-state index contributed by atoms with van der Waals surface area (Å²) in [7, 11) is -1.49. The van der Waals surface area contributed by atoms with Gasteiger partial charge in [0.25, 0.3) is 11.8 Å². The number of nitrogen functional groups attached to an aromatic ring is 1. The van der Waals surface area contributed by atoms with Crippen molar-refractivity contribution in [1.82, 2.24) is 9.88 Å². The molecule has 1 aromatic heterocycles. The third-order valence-corrected chi connectivity index (χ3v) is 7.50. The number of hydrogen-bond donors (Lipinski definition) is 1.